The summed E-state index contributed by atoms with van der Waals surface area (Å²) < 4.78 is 0. The average molecular weight is 335 g/mol. The van der Waals surface area contributed by atoms with Gasteiger partial charge in [0.1, 0.15) is 11.6 Å². The molecule has 2 rings (SSSR count). The molecule has 2 aliphatic carbocycles. The molecule has 2 heteroatoms. The van der Waals surface area contributed by atoms with Crippen LogP contribution in [-0.4, -0.2) is 11.6 Å². The monoisotopic (exact) mass is 334 g/mol. The molecule has 0 atom stereocenters. The number of unbranched alkanes of at least 4 members (excludes halogenated alkanes) is 9. The molecule has 0 aromatic heterocycles. The highest BCUT2D eigenvalue weighted by Gasteiger charge is 2.46. The van der Waals surface area contributed by atoms with Gasteiger partial charge in [-0.2, -0.15) is 0 Å². The van der Waals surface area contributed by atoms with Crippen LogP contribution in [0.4, 0.5) is 0 Å². The van der Waals surface area contributed by atoms with Crippen molar-refractivity contribution in [1.29, 1.82) is 0 Å². The van der Waals surface area contributed by atoms with Crippen LogP contribution in [0.15, 0.2) is 0 Å². The zero-order chi connectivity index (χ0) is 17.5. The van der Waals surface area contributed by atoms with Gasteiger partial charge in [-0.15, -0.1) is 0 Å². The molecular weight excluding hydrogens is 296 g/mol. The number of rotatable bonds is 15. The minimum atomic E-state index is 0.126. The van der Waals surface area contributed by atoms with E-state index in [1.54, 1.807) is 13.8 Å². The van der Waals surface area contributed by atoms with E-state index in [-0.39, 0.29) is 10.8 Å². The van der Waals surface area contributed by atoms with Crippen molar-refractivity contribution in [2.45, 2.75) is 117 Å². The van der Waals surface area contributed by atoms with E-state index < -0.39 is 0 Å². The Balaban J connectivity index is 1.31. The fourth-order valence-electron chi connectivity index (χ4n) is 4.20. The fourth-order valence-corrected chi connectivity index (χ4v) is 4.20. The maximum absolute atomic E-state index is 11.5. The first kappa shape index (κ1) is 19.7. The van der Waals surface area contributed by atoms with E-state index in [1.165, 1.54) is 64.2 Å². The normalized spacial score (nSPS) is 19.9. The number of carbonyl (C=O) groups is 2. The first-order valence-electron chi connectivity index (χ1n) is 10.5. The zero-order valence-electron chi connectivity index (χ0n) is 16.1. The van der Waals surface area contributed by atoms with Gasteiger partial charge in [-0.3, -0.25) is 9.59 Å². The van der Waals surface area contributed by atoms with E-state index in [9.17, 15) is 9.59 Å². The van der Waals surface area contributed by atoms with Gasteiger partial charge in [0, 0.05) is 10.8 Å². The second kappa shape index (κ2) is 9.15. The lowest BCUT2D eigenvalue weighted by atomic mass is 9.93. The molecule has 0 N–H and O–H groups in total. The highest BCUT2D eigenvalue weighted by Crippen LogP contribution is 2.51. The van der Waals surface area contributed by atoms with Gasteiger partial charge in [0.05, 0.1) is 0 Å². The molecule has 0 amide bonds. The van der Waals surface area contributed by atoms with E-state index in [4.69, 9.17) is 0 Å². The SMILES string of the molecule is CC(=O)C1(CCCCCCCCCCCCC2(C(C)=O)CC2)CC1. The number of hydrogen-bond acceptors (Lipinski definition) is 2. The van der Waals surface area contributed by atoms with Crippen molar-refractivity contribution < 1.29 is 9.59 Å². The fraction of sp³-hybridized carbons (Fsp3) is 0.909. The van der Waals surface area contributed by atoms with Crippen molar-refractivity contribution >= 4 is 11.6 Å². The van der Waals surface area contributed by atoms with Gasteiger partial charge >= 0.3 is 0 Å². The highest BCUT2D eigenvalue weighted by molar-refractivity contribution is 5.85. The summed E-state index contributed by atoms with van der Waals surface area (Å²) >= 11 is 0. The molecule has 24 heavy (non-hydrogen) atoms. The largest absolute Gasteiger partial charge is 0.299 e. The molecule has 0 spiro atoms. The van der Waals surface area contributed by atoms with Crippen LogP contribution in [-0.2, 0) is 9.59 Å². The molecule has 0 heterocycles. The van der Waals surface area contributed by atoms with Crippen LogP contribution >= 0.6 is 0 Å². The molecule has 0 aromatic rings. The number of carbonyl (C=O) groups excluding carboxylic acids is 2. The maximum Gasteiger partial charge on any atom is 0.135 e. The molecule has 0 aliphatic heterocycles. The van der Waals surface area contributed by atoms with Crippen molar-refractivity contribution in [1.82, 2.24) is 0 Å². The van der Waals surface area contributed by atoms with Gasteiger partial charge in [-0.05, 0) is 52.4 Å². The van der Waals surface area contributed by atoms with Crippen LogP contribution < -0.4 is 0 Å². The Bertz CT molecular complexity index is 376. The Kier molecular flexibility index (Phi) is 7.50. The van der Waals surface area contributed by atoms with Gasteiger partial charge in [0.25, 0.3) is 0 Å². The summed E-state index contributed by atoms with van der Waals surface area (Å²) in [5, 5.41) is 0. The van der Waals surface area contributed by atoms with Crippen LogP contribution in [0.3, 0.4) is 0 Å². The van der Waals surface area contributed by atoms with E-state index in [0.29, 0.717) is 11.6 Å². The summed E-state index contributed by atoms with van der Waals surface area (Å²) in [6.07, 6.45) is 20.1. The molecule has 2 nitrogen and oxygen atoms in total. The van der Waals surface area contributed by atoms with Gasteiger partial charge < -0.3 is 0 Å². The van der Waals surface area contributed by atoms with Crippen LogP contribution in [0.5, 0.6) is 0 Å². The quantitative estimate of drug-likeness (QED) is 0.324. The molecule has 2 saturated carbocycles. The topological polar surface area (TPSA) is 34.1 Å². The van der Waals surface area contributed by atoms with Crippen molar-refractivity contribution in [3.63, 3.8) is 0 Å². The second-order valence-electron chi connectivity index (χ2n) is 8.71. The Hall–Kier alpha value is -0.660. The van der Waals surface area contributed by atoms with Gasteiger partial charge in [0.15, 0.2) is 0 Å². The summed E-state index contributed by atoms with van der Waals surface area (Å²) in [6, 6.07) is 0. The van der Waals surface area contributed by atoms with Crippen LogP contribution in [0, 0.1) is 10.8 Å². The summed E-state index contributed by atoms with van der Waals surface area (Å²) in [5.41, 5.74) is 0.253. The number of hydrogen-bond donors (Lipinski definition) is 0. The smallest absolute Gasteiger partial charge is 0.135 e. The van der Waals surface area contributed by atoms with E-state index in [1.807, 2.05) is 0 Å². The predicted octanol–water partition coefficient (Wildman–Crippen LogP) is 6.41. The molecule has 0 unspecified atom stereocenters. The third-order valence-electron chi connectivity index (χ3n) is 6.76. The van der Waals surface area contributed by atoms with Gasteiger partial charge in [0.2, 0.25) is 0 Å². The summed E-state index contributed by atoms with van der Waals surface area (Å²) in [4.78, 5) is 23.0. The lowest BCUT2D eigenvalue weighted by Gasteiger charge is -2.10. The molecule has 138 valence electrons. The molecule has 2 aliphatic rings. The first-order chi connectivity index (χ1) is 11.5. The van der Waals surface area contributed by atoms with Crippen molar-refractivity contribution in [3.05, 3.63) is 0 Å². The third kappa shape index (κ3) is 6.01. The van der Waals surface area contributed by atoms with E-state index in [2.05, 4.69) is 0 Å². The molecule has 0 radical (unpaired) electrons. The van der Waals surface area contributed by atoms with Crippen LogP contribution in [0.1, 0.15) is 117 Å². The van der Waals surface area contributed by atoms with Crippen LogP contribution in [0.25, 0.3) is 0 Å². The molecule has 0 saturated heterocycles. The van der Waals surface area contributed by atoms with E-state index >= 15 is 0 Å². The number of Topliss-reactive ketones (excluding diaryl/α,β-unsaturated/α-hetero) is 2. The van der Waals surface area contributed by atoms with Crippen LogP contribution in [0.2, 0.25) is 0 Å². The van der Waals surface area contributed by atoms with Gasteiger partial charge in [-0.1, -0.05) is 64.2 Å². The van der Waals surface area contributed by atoms with Crippen molar-refractivity contribution in [2.75, 3.05) is 0 Å². The second-order valence-corrected chi connectivity index (χ2v) is 8.71. The summed E-state index contributed by atoms with van der Waals surface area (Å²) in [5.74, 6) is 0.858. The zero-order valence-corrected chi connectivity index (χ0v) is 16.1. The highest BCUT2D eigenvalue weighted by atomic mass is 16.1. The molecule has 2 fully saturated rings. The van der Waals surface area contributed by atoms with Gasteiger partial charge in [-0.25, -0.2) is 0 Å². The lowest BCUT2D eigenvalue weighted by Crippen LogP contribution is -2.11. The Morgan fingerprint density at radius 1 is 0.542 bits per heavy atom. The average Bonchev–Trinajstić information content (AvgIpc) is 3.43. The Morgan fingerprint density at radius 3 is 1.00 bits per heavy atom. The first-order valence-corrected chi connectivity index (χ1v) is 10.5. The summed E-state index contributed by atoms with van der Waals surface area (Å²) in [7, 11) is 0. The third-order valence-corrected chi connectivity index (χ3v) is 6.76. The number of ketones is 2. The standard InChI is InChI=1S/C22H38O2/c1-19(23)21(15-16-21)13-11-9-7-5-3-4-6-8-10-12-14-22(17-18-22)20(2)24/h3-18H2,1-2H3. The maximum atomic E-state index is 11.5. The minimum Gasteiger partial charge on any atom is -0.299 e. The lowest BCUT2D eigenvalue weighted by molar-refractivity contribution is -0.123. The molecule has 0 bridgehead atoms. The predicted molar refractivity (Wildman–Crippen MR) is 100 cm³/mol. The molecule has 0 aromatic carbocycles. The minimum absolute atomic E-state index is 0.126. The van der Waals surface area contributed by atoms with Crippen molar-refractivity contribution in [3.8, 4) is 0 Å². The molecular formula is C22H38O2. The van der Waals surface area contributed by atoms with Crippen molar-refractivity contribution in [2.24, 2.45) is 10.8 Å². The Labute approximate surface area is 149 Å². The van der Waals surface area contributed by atoms with E-state index in [0.717, 1.165) is 38.5 Å². The summed E-state index contributed by atoms with van der Waals surface area (Å²) in [6.45, 7) is 3.55. The Morgan fingerprint density at radius 2 is 0.792 bits per heavy atom.